The Balaban J connectivity index is 1.85. The number of aromatic nitrogens is 2. The third kappa shape index (κ3) is 3.10. The summed E-state index contributed by atoms with van der Waals surface area (Å²) in [4.78, 5) is 28.9. The summed E-state index contributed by atoms with van der Waals surface area (Å²) in [6.07, 6.45) is 4.71. The van der Waals surface area contributed by atoms with Gasteiger partial charge in [-0.3, -0.25) is 14.3 Å². The minimum absolute atomic E-state index is 0.0941. The molecule has 0 unspecified atom stereocenters. The van der Waals surface area contributed by atoms with Gasteiger partial charge in [-0.1, -0.05) is 0 Å². The molecule has 2 aliphatic rings. The van der Waals surface area contributed by atoms with Gasteiger partial charge in [0.15, 0.2) is 0 Å². The van der Waals surface area contributed by atoms with E-state index in [-0.39, 0.29) is 23.8 Å². The topological polar surface area (TPSA) is 70.5 Å². The van der Waals surface area contributed by atoms with Crippen LogP contribution in [-0.4, -0.2) is 64.1 Å². The Kier molecular flexibility index (Phi) is 4.39. The Morgan fingerprint density at radius 3 is 2.83 bits per heavy atom. The van der Waals surface area contributed by atoms with Crippen molar-refractivity contribution in [2.45, 2.75) is 31.8 Å². The number of aryl methyl sites for hydroxylation is 1. The summed E-state index contributed by atoms with van der Waals surface area (Å²) in [6, 6.07) is 0.0927. The minimum Gasteiger partial charge on any atom is -0.340 e. The van der Waals surface area contributed by atoms with Crippen LogP contribution in [0.25, 0.3) is 0 Å². The summed E-state index contributed by atoms with van der Waals surface area (Å²) in [7, 11) is 3.64. The smallest absolute Gasteiger partial charge is 0.228 e. The molecule has 3 atom stereocenters. The van der Waals surface area contributed by atoms with Crippen LogP contribution >= 0.6 is 0 Å². The lowest BCUT2D eigenvalue weighted by Crippen LogP contribution is -2.55. The number of nitrogens with zero attached hydrogens (tertiary/aromatic N) is 4. The van der Waals surface area contributed by atoms with Crippen LogP contribution in [-0.2, 0) is 16.6 Å². The lowest BCUT2D eigenvalue weighted by Gasteiger charge is -2.41. The van der Waals surface area contributed by atoms with Crippen molar-refractivity contribution in [3.63, 3.8) is 0 Å². The highest BCUT2D eigenvalue weighted by molar-refractivity contribution is 5.85. The monoisotopic (exact) mass is 319 g/mol. The zero-order valence-corrected chi connectivity index (χ0v) is 14.0. The first-order valence-corrected chi connectivity index (χ1v) is 8.23. The molecule has 3 rings (SSSR count). The highest BCUT2D eigenvalue weighted by Crippen LogP contribution is 2.36. The Bertz CT molecular complexity index is 599. The zero-order chi connectivity index (χ0) is 16.6. The van der Waals surface area contributed by atoms with E-state index < -0.39 is 0 Å². The molecular formula is C16H25N5O2. The fourth-order valence-corrected chi connectivity index (χ4v) is 3.71. The predicted molar refractivity (Wildman–Crippen MR) is 85.5 cm³/mol. The molecule has 1 N–H and O–H groups in total. The van der Waals surface area contributed by atoms with Gasteiger partial charge in [-0.15, -0.1) is 0 Å². The van der Waals surface area contributed by atoms with Crippen LogP contribution in [0.4, 0.5) is 0 Å². The maximum atomic E-state index is 13.1. The maximum Gasteiger partial charge on any atom is 0.228 e. The highest BCUT2D eigenvalue weighted by atomic mass is 16.2. The van der Waals surface area contributed by atoms with Crippen molar-refractivity contribution in [2.24, 2.45) is 13.0 Å². The fraction of sp³-hybridized carbons (Fsp3) is 0.688. The van der Waals surface area contributed by atoms with Gasteiger partial charge in [-0.05, 0) is 13.3 Å². The number of piperidine rings is 1. The number of piperazine rings is 1. The minimum atomic E-state index is -0.220. The first kappa shape index (κ1) is 16.0. The Morgan fingerprint density at radius 2 is 2.17 bits per heavy atom. The van der Waals surface area contributed by atoms with Crippen molar-refractivity contribution in [3.05, 3.63) is 18.0 Å². The largest absolute Gasteiger partial charge is 0.340 e. The molecule has 2 aliphatic heterocycles. The number of nitrogens with one attached hydrogen (secondary N) is 1. The molecule has 7 nitrogen and oxygen atoms in total. The second-order valence-electron chi connectivity index (χ2n) is 6.68. The zero-order valence-electron chi connectivity index (χ0n) is 14.0. The Labute approximate surface area is 136 Å². The second kappa shape index (κ2) is 6.31. The SMILES string of the molecule is C[C@@H]1CN(C(=O)[C@H]2CCC(=O)N(C)[C@H]2c2cnn(C)c2)CCN1. The van der Waals surface area contributed by atoms with Crippen LogP contribution in [0.5, 0.6) is 0 Å². The van der Waals surface area contributed by atoms with Crippen molar-refractivity contribution in [3.8, 4) is 0 Å². The van der Waals surface area contributed by atoms with Gasteiger partial charge >= 0.3 is 0 Å². The number of amides is 2. The van der Waals surface area contributed by atoms with E-state index in [1.165, 1.54) is 0 Å². The third-order valence-corrected chi connectivity index (χ3v) is 4.92. The van der Waals surface area contributed by atoms with Gasteiger partial charge < -0.3 is 15.1 Å². The Morgan fingerprint density at radius 1 is 1.39 bits per heavy atom. The molecule has 0 aromatic carbocycles. The number of carbonyl (C=O) groups is 2. The van der Waals surface area contributed by atoms with E-state index in [4.69, 9.17) is 0 Å². The van der Waals surface area contributed by atoms with Gasteiger partial charge in [-0.2, -0.15) is 5.10 Å². The van der Waals surface area contributed by atoms with E-state index in [1.807, 2.05) is 18.1 Å². The van der Waals surface area contributed by atoms with Crippen molar-refractivity contribution in [2.75, 3.05) is 26.7 Å². The molecule has 3 heterocycles. The summed E-state index contributed by atoms with van der Waals surface area (Å²) in [6.45, 7) is 4.38. The summed E-state index contributed by atoms with van der Waals surface area (Å²) in [5.74, 6) is 0.0651. The summed E-state index contributed by atoms with van der Waals surface area (Å²) in [5.41, 5.74) is 0.935. The van der Waals surface area contributed by atoms with Gasteiger partial charge in [0.2, 0.25) is 11.8 Å². The molecule has 1 aromatic heterocycles. The summed E-state index contributed by atoms with van der Waals surface area (Å²) >= 11 is 0. The van der Waals surface area contributed by atoms with Crippen molar-refractivity contribution in [1.29, 1.82) is 0 Å². The molecule has 0 spiro atoms. The predicted octanol–water partition coefficient (Wildman–Crippen LogP) is 0.150. The van der Waals surface area contributed by atoms with E-state index in [9.17, 15) is 9.59 Å². The van der Waals surface area contributed by atoms with Crippen LogP contribution < -0.4 is 5.32 Å². The molecule has 1 aromatic rings. The number of hydrogen-bond acceptors (Lipinski definition) is 4. The summed E-state index contributed by atoms with van der Waals surface area (Å²) in [5, 5.41) is 7.57. The molecule has 0 saturated carbocycles. The molecule has 2 fully saturated rings. The van der Waals surface area contributed by atoms with Crippen molar-refractivity contribution < 1.29 is 9.59 Å². The third-order valence-electron chi connectivity index (χ3n) is 4.92. The first-order chi connectivity index (χ1) is 11.0. The van der Waals surface area contributed by atoms with Crippen LogP contribution in [0.2, 0.25) is 0 Å². The second-order valence-corrected chi connectivity index (χ2v) is 6.68. The number of hydrogen-bond donors (Lipinski definition) is 1. The van der Waals surface area contributed by atoms with Crippen LogP contribution in [0.1, 0.15) is 31.4 Å². The quantitative estimate of drug-likeness (QED) is 0.842. The van der Waals surface area contributed by atoms with Gasteiger partial charge in [0, 0.05) is 58.0 Å². The average Bonchev–Trinajstić information content (AvgIpc) is 2.95. The molecule has 0 radical (unpaired) electrons. The van der Waals surface area contributed by atoms with Crippen LogP contribution in [0.15, 0.2) is 12.4 Å². The molecule has 126 valence electrons. The van der Waals surface area contributed by atoms with Gasteiger partial charge in [0.25, 0.3) is 0 Å². The van der Waals surface area contributed by atoms with Crippen molar-refractivity contribution in [1.82, 2.24) is 24.9 Å². The lowest BCUT2D eigenvalue weighted by molar-refractivity contribution is -0.147. The Hall–Kier alpha value is -1.89. The van der Waals surface area contributed by atoms with Gasteiger partial charge in [-0.25, -0.2) is 0 Å². The molecule has 7 heteroatoms. The first-order valence-electron chi connectivity index (χ1n) is 8.23. The molecule has 23 heavy (non-hydrogen) atoms. The standard InChI is InChI=1S/C16H25N5O2/c1-11-9-21(7-6-17-11)16(23)13-4-5-14(22)20(3)15(13)12-8-18-19(2)10-12/h8,10-11,13,15,17H,4-7,9H2,1-3H3/t11-,13+,15+/m1/s1. The number of likely N-dealkylation sites (tertiary alicyclic amines) is 1. The van der Waals surface area contributed by atoms with E-state index in [1.54, 1.807) is 22.8 Å². The van der Waals surface area contributed by atoms with E-state index >= 15 is 0 Å². The highest BCUT2D eigenvalue weighted by Gasteiger charge is 2.41. The molecule has 0 aliphatic carbocycles. The van der Waals surface area contributed by atoms with Crippen LogP contribution in [0.3, 0.4) is 0 Å². The molecule has 0 bridgehead atoms. The van der Waals surface area contributed by atoms with Crippen LogP contribution in [0, 0.1) is 5.92 Å². The van der Waals surface area contributed by atoms with E-state index in [0.717, 1.165) is 25.2 Å². The van der Waals surface area contributed by atoms with E-state index in [2.05, 4.69) is 17.3 Å². The van der Waals surface area contributed by atoms with Crippen molar-refractivity contribution >= 4 is 11.8 Å². The molecule has 2 saturated heterocycles. The number of carbonyl (C=O) groups excluding carboxylic acids is 2. The molecule has 2 amide bonds. The van der Waals surface area contributed by atoms with Gasteiger partial charge in [0.05, 0.1) is 18.2 Å². The molecular weight excluding hydrogens is 294 g/mol. The summed E-state index contributed by atoms with van der Waals surface area (Å²) < 4.78 is 1.72. The fourth-order valence-electron chi connectivity index (χ4n) is 3.71. The average molecular weight is 319 g/mol. The lowest BCUT2D eigenvalue weighted by atomic mass is 9.84. The number of rotatable bonds is 2. The van der Waals surface area contributed by atoms with Gasteiger partial charge in [0.1, 0.15) is 0 Å². The normalized spacial score (nSPS) is 29.0. The van der Waals surface area contributed by atoms with E-state index in [0.29, 0.717) is 18.9 Å². The maximum absolute atomic E-state index is 13.1.